The van der Waals surface area contributed by atoms with Gasteiger partial charge in [-0.1, -0.05) is 11.6 Å². The zero-order valence-corrected chi connectivity index (χ0v) is 12.9. The zero-order valence-electron chi connectivity index (χ0n) is 12.9. The normalized spacial score (nSPS) is 11.2. The number of anilines is 1. The quantitative estimate of drug-likeness (QED) is 0.525. The summed E-state index contributed by atoms with van der Waals surface area (Å²) in [7, 11) is 0. The molecule has 2 aromatic carbocycles. The Labute approximate surface area is 132 Å². The SMILES string of the molecule is Cc1ccc2[nH]c(C(=O)Nc3ccc4cn[nH]c4c3)c(C)c2c1. The number of aromatic nitrogens is 3. The van der Waals surface area contributed by atoms with Gasteiger partial charge in [0.1, 0.15) is 5.69 Å². The van der Waals surface area contributed by atoms with Crippen LogP contribution in [0.2, 0.25) is 0 Å². The van der Waals surface area contributed by atoms with Crippen molar-refractivity contribution in [2.75, 3.05) is 5.32 Å². The standard InChI is InChI=1S/C18H16N4O/c1-10-3-6-15-14(7-10)11(2)17(21-15)18(23)20-13-5-4-12-9-19-22-16(12)8-13/h3-9,21H,1-2H3,(H,19,22)(H,20,23). The molecule has 5 nitrogen and oxygen atoms in total. The van der Waals surface area contributed by atoms with Crippen LogP contribution in [-0.2, 0) is 0 Å². The molecular weight excluding hydrogens is 288 g/mol. The first-order valence-corrected chi connectivity index (χ1v) is 7.45. The lowest BCUT2D eigenvalue weighted by Crippen LogP contribution is -2.13. The lowest BCUT2D eigenvalue weighted by atomic mass is 10.1. The highest BCUT2D eigenvalue weighted by Gasteiger charge is 2.15. The third-order valence-corrected chi connectivity index (χ3v) is 4.14. The summed E-state index contributed by atoms with van der Waals surface area (Å²) in [6, 6.07) is 11.8. The van der Waals surface area contributed by atoms with Crippen molar-refractivity contribution >= 4 is 33.4 Å². The van der Waals surface area contributed by atoms with Gasteiger partial charge < -0.3 is 10.3 Å². The Morgan fingerprint density at radius 1 is 1.09 bits per heavy atom. The number of aromatic amines is 2. The molecule has 0 bridgehead atoms. The van der Waals surface area contributed by atoms with Crippen molar-refractivity contribution in [2.24, 2.45) is 0 Å². The third-order valence-electron chi connectivity index (χ3n) is 4.14. The Morgan fingerprint density at radius 2 is 1.96 bits per heavy atom. The number of hydrogen-bond donors (Lipinski definition) is 3. The average molecular weight is 304 g/mol. The van der Waals surface area contributed by atoms with Crippen molar-refractivity contribution in [1.29, 1.82) is 0 Å². The summed E-state index contributed by atoms with van der Waals surface area (Å²) in [5.41, 5.74) is 5.34. The molecule has 0 aliphatic carbocycles. The minimum Gasteiger partial charge on any atom is -0.350 e. The largest absolute Gasteiger partial charge is 0.350 e. The van der Waals surface area contributed by atoms with Gasteiger partial charge in [-0.05, 0) is 49.7 Å². The molecule has 4 rings (SSSR count). The molecule has 1 amide bonds. The summed E-state index contributed by atoms with van der Waals surface area (Å²) >= 11 is 0. The molecule has 0 unspecified atom stereocenters. The summed E-state index contributed by atoms with van der Waals surface area (Å²) in [5.74, 6) is -0.143. The van der Waals surface area contributed by atoms with E-state index in [1.165, 1.54) is 5.56 Å². The Kier molecular flexibility index (Phi) is 2.94. The monoisotopic (exact) mass is 304 g/mol. The summed E-state index contributed by atoms with van der Waals surface area (Å²) in [4.78, 5) is 15.8. The number of aryl methyl sites for hydroxylation is 2. The van der Waals surface area contributed by atoms with Gasteiger partial charge in [0.15, 0.2) is 0 Å². The van der Waals surface area contributed by atoms with Gasteiger partial charge in [-0.25, -0.2) is 0 Å². The van der Waals surface area contributed by atoms with Crippen LogP contribution in [0.3, 0.4) is 0 Å². The molecule has 0 radical (unpaired) electrons. The predicted molar refractivity (Wildman–Crippen MR) is 91.8 cm³/mol. The molecule has 114 valence electrons. The maximum atomic E-state index is 12.6. The van der Waals surface area contributed by atoms with E-state index < -0.39 is 0 Å². The first kappa shape index (κ1) is 13.6. The Balaban J connectivity index is 1.69. The fourth-order valence-electron chi connectivity index (χ4n) is 2.88. The summed E-state index contributed by atoms with van der Waals surface area (Å²) in [6.07, 6.45) is 1.76. The van der Waals surface area contributed by atoms with Crippen LogP contribution in [0.1, 0.15) is 21.6 Å². The van der Waals surface area contributed by atoms with Crippen molar-refractivity contribution in [3.8, 4) is 0 Å². The molecule has 0 fully saturated rings. The van der Waals surface area contributed by atoms with Gasteiger partial charge >= 0.3 is 0 Å². The van der Waals surface area contributed by atoms with E-state index >= 15 is 0 Å². The van der Waals surface area contributed by atoms with Crippen LogP contribution in [0.15, 0.2) is 42.6 Å². The van der Waals surface area contributed by atoms with E-state index in [2.05, 4.69) is 26.6 Å². The Morgan fingerprint density at radius 3 is 2.83 bits per heavy atom. The van der Waals surface area contributed by atoms with Gasteiger partial charge in [0.2, 0.25) is 0 Å². The van der Waals surface area contributed by atoms with Gasteiger partial charge in [0, 0.05) is 22.0 Å². The van der Waals surface area contributed by atoms with E-state index in [0.29, 0.717) is 5.69 Å². The molecule has 0 spiro atoms. The molecule has 0 saturated carbocycles. The van der Waals surface area contributed by atoms with Crippen LogP contribution in [0, 0.1) is 13.8 Å². The number of benzene rings is 2. The van der Waals surface area contributed by atoms with Crippen molar-refractivity contribution < 1.29 is 4.79 Å². The van der Waals surface area contributed by atoms with E-state index in [0.717, 1.165) is 33.1 Å². The van der Waals surface area contributed by atoms with Crippen molar-refractivity contribution in [1.82, 2.24) is 15.2 Å². The van der Waals surface area contributed by atoms with Gasteiger partial charge in [-0.15, -0.1) is 0 Å². The molecule has 0 aliphatic rings. The number of fused-ring (bicyclic) bond motifs is 2. The highest BCUT2D eigenvalue weighted by atomic mass is 16.1. The summed E-state index contributed by atoms with van der Waals surface area (Å²) in [6.45, 7) is 4.01. The van der Waals surface area contributed by atoms with Crippen LogP contribution in [0.4, 0.5) is 5.69 Å². The van der Waals surface area contributed by atoms with Crippen molar-refractivity contribution in [3.05, 3.63) is 59.4 Å². The lowest BCUT2D eigenvalue weighted by molar-refractivity contribution is 0.102. The first-order valence-electron chi connectivity index (χ1n) is 7.45. The van der Waals surface area contributed by atoms with Crippen LogP contribution in [0.25, 0.3) is 21.8 Å². The number of nitrogens with one attached hydrogen (secondary N) is 3. The molecule has 4 aromatic rings. The molecule has 3 N–H and O–H groups in total. The smallest absolute Gasteiger partial charge is 0.272 e. The molecule has 0 aliphatic heterocycles. The van der Waals surface area contributed by atoms with E-state index in [-0.39, 0.29) is 5.91 Å². The van der Waals surface area contributed by atoms with Gasteiger partial charge in [-0.2, -0.15) is 5.10 Å². The highest BCUT2D eigenvalue weighted by molar-refractivity contribution is 6.08. The molecule has 23 heavy (non-hydrogen) atoms. The highest BCUT2D eigenvalue weighted by Crippen LogP contribution is 2.24. The van der Waals surface area contributed by atoms with E-state index in [1.807, 2.05) is 44.2 Å². The van der Waals surface area contributed by atoms with Gasteiger partial charge in [0.25, 0.3) is 5.91 Å². The summed E-state index contributed by atoms with van der Waals surface area (Å²) in [5, 5.41) is 11.9. The zero-order chi connectivity index (χ0) is 16.0. The molecule has 0 saturated heterocycles. The number of nitrogens with zero attached hydrogens (tertiary/aromatic N) is 1. The number of amides is 1. The van der Waals surface area contributed by atoms with Crippen molar-refractivity contribution in [3.63, 3.8) is 0 Å². The fraction of sp³-hybridized carbons (Fsp3) is 0.111. The molecule has 0 atom stereocenters. The molecular formula is C18H16N4O. The minimum absolute atomic E-state index is 0.143. The van der Waals surface area contributed by atoms with E-state index in [9.17, 15) is 4.79 Å². The number of carbonyl (C=O) groups is 1. The second-order valence-corrected chi connectivity index (χ2v) is 5.80. The van der Waals surface area contributed by atoms with Gasteiger partial charge in [0.05, 0.1) is 11.7 Å². The second-order valence-electron chi connectivity index (χ2n) is 5.80. The maximum absolute atomic E-state index is 12.6. The Hall–Kier alpha value is -3.08. The molecule has 5 heteroatoms. The lowest BCUT2D eigenvalue weighted by Gasteiger charge is -2.05. The van der Waals surface area contributed by atoms with E-state index in [4.69, 9.17) is 0 Å². The van der Waals surface area contributed by atoms with Crippen LogP contribution in [0.5, 0.6) is 0 Å². The number of hydrogen-bond acceptors (Lipinski definition) is 2. The van der Waals surface area contributed by atoms with E-state index in [1.54, 1.807) is 6.20 Å². The maximum Gasteiger partial charge on any atom is 0.272 e. The number of carbonyl (C=O) groups excluding carboxylic acids is 1. The van der Waals surface area contributed by atoms with Crippen LogP contribution in [-0.4, -0.2) is 21.1 Å². The topological polar surface area (TPSA) is 73.6 Å². The molecule has 2 heterocycles. The second kappa shape index (κ2) is 4.98. The van der Waals surface area contributed by atoms with Gasteiger partial charge in [-0.3, -0.25) is 9.89 Å². The minimum atomic E-state index is -0.143. The molecule has 2 aromatic heterocycles. The average Bonchev–Trinajstić information content (AvgIpc) is 3.12. The number of rotatable bonds is 2. The van der Waals surface area contributed by atoms with Crippen molar-refractivity contribution in [2.45, 2.75) is 13.8 Å². The van der Waals surface area contributed by atoms with Crippen LogP contribution < -0.4 is 5.32 Å². The third kappa shape index (κ3) is 2.26. The first-order chi connectivity index (χ1) is 11.1. The Bertz CT molecular complexity index is 1040. The summed E-state index contributed by atoms with van der Waals surface area (Å²) < 4.78 is 0. The number of H-pyrrole nitrogens is 2. The predicted octanol–water partition coefficient (Wildman–Crippen LogP) is 3.91. The van der Waals surface area contributed by atoms with Crippen LogP contribution >= 0.6 is 0 Å². The fourth-order valence-corrected chi connectivity index (χ4v) is 2.88.